The standard InChI is InChI=1S/C15H28N2OS.ClH/c1-3-19-14-6-4-5-13(10-14)17-15(18)12-7-8-16-11(2)9-12;/h11-14,16H,3-10H2,1-2H3,(H,17,18);1H/t11-,12-,13?,14?;/m0./s1. The molecule has 0 radical (unpaired) electrons. The maximum absolute atomic E-state index is 12.3. The van der Waals surface area contributed by atoms with E-state index in [1.807, 2.05) is 0 Å². The largest absolute Gasteiger partial charge is 0.353 e. The number of amides is 1. The molecule has 0 aromatic heterocycles. The van der Waals surface area contributed by atoms with Crippen LogP contribution in [-0.2, 0) is 4.79 Å². The van der Waals surface area contributed by atoms with Crippen LogP contribution in [0, 0.1) is 5.92 Å². The number of piperidine rings is 1. The summed E-state index contributed by atoms with van der Waals surface area (Å²) in [6, 6.07) is 0.912. The van der Waals surface area contributed by atoms with Crippen molar-refractivity contribution in [3.63, 3.8) is 0 Å². The third-order valence-corrected chi connectivity index (χ3v) is 5.60. The Bertz CT molecular complexity index is 302. The number of thioether (sulfide) groups is 1. The van der Waals surface area contributed by atoms with E-state index in [9.17, 15) is 4.79 Å². The summed E-state index contributed by atoms with van der Waals surface area (Å²) < 4.78 is 0. The van der Waals surface area contributed by atoms with Crippen LogP contribution in [0.4, 0.5) is 0 Å². The monoisotopic (exact) mass is 320 g/mol. The van der Waals surface area contributed by atoms with Gasteiger partial charge in [-0.3, -0.25) is 4.79 Å². The predicted octanol–water partition coefficient (Wildman–Crippen LogP) is 2.98. The molecule has 1 aliphatic heterocycles. The molecule has 2 rings (SSSR count). The predicted molar refractivity (Wildman–Crippen MR) is 89.8 cm³/mol. The lowest BCUT2D eigenvalue weighted by molar-refractivity contribution is -0.127. The summed E-state index contributed by atoms with van der Waals surface area (Å²) in [5.74, 6) is 1.73. The van der Waals surface area contributed by atoms with Crippen molar-refractivity contribution in [2.45, 2.75) is 69.7 Å². The summed E-state index contributed by atoms with van der Waals surface area (Å²) in [6.07, 6.45) is 6.93. The molecule has 1 amide bonds. The normalized spacial score (nSPS) is 34.1. The van der Waals surface area contributed by atoms with Crippen LogP contribution in [0.25, 0.3) is 0 Å². The first-order valence-electron chi connectivity index (χ1n) is 7.84. The second-order valence-corrected chi connectivity index (χ2v) is 7.60. The van der Waals surface area contributed by atoms with E-state index in [0.717, 1.165) is 24.6 Å². The molecule has 20 heavy (non-hydrogen) atoms. The molecule has 3 nitrogen and oxygen atoms in total. The molecular formula is C15H29ClN2OS. The van der Waals surface area contributed by atoms with Crippen molar-refractivity contribution in [1.29, 1.82) is 0 Å². The smallest absolute Gasteiger partial charge is 0.223 e. The Kier molecular flexibility index (Phi) is 8.30. The average molecular weight is 321 g/mol. The summed E-state index contributed by atoms with van der Waals surface area (Å²) in [5.41, 5.74) is 0. The number of hydrogen-bond acceptors (Lipinski definition) is 3. The molecule has 1 saturated carbocycles. The van der Waals surface area contributed by atoms with Crippen molar-refractivity contribution in [2.24, 2.45) is 5.92 Å². The van der Waals surface area contributed by atoms with E-state index >= 15 is 0 Å². The fourth-order valence-electron chi connectivity index (χ4n) is 3.35. The zero-order valence-electron chi connectivity index (χ0n) is 12.7. The summed E-state index contributed by atoms with van der Waals surface area (Å²) in [5, 5.41) is 7.49. The maximum atomic E-state index is 12.3. The van der Waals surface area contributed by atoms with Gasteiger partial charge in [-0.15, -0.1) is 12.4 Å². The summed E-state index contributed by atoms with van der Waals surface area (Å²) in [4.78, 5) is 12.3. The number of halogens is 1. The van der Waals surface area contributed by atoms with Gasteiger partial charge in [0.15, 0.2) is 0 Å². The Morgan fingerprint density at radius 3 is 2.80 bits per heavy atom. The van der Waals surface area contributed by atoms with Crippen molar-refractivity contribution in [3.05, 3.63) is 0 Å². The Morgan fingerprint density at radius 1 is 1.30 bits per heavy atom. The topological polar surface area (TPSA) is 41.1 Å². The molecule has 4 atom stereocenters. The SMILES string of the molecule is CCSC1CCCC(NC(=O)[C@H]2CCN[C@@H](C)C2)C1.Cl. The van der Waals surface area contributed by atoms with E-state index in [2.05, 4.69) is 36.2 Å². The average Bonchev–Trinajstić information content (AvgIpc) is 2.39. The van der Waals surface area contributed by atoms with Gasteiger partial charge in [-0.2, -0.15) is 11.8 Å². The zero-order chi connectivity index (χ0) is 13.7. The van der Waals surface area contributed by atoms with Crippen LogP contribution < -0.4 is 10.6 Å². The number of carbonyl (C=O) groups excluding carboxylic acids is 1. The quantitative estimate of drug-likeness (QED) is 0.836. The van der Waals surface area contributed by atoms with Crippen molar-refractivity contribution < 1.29 is 4.79 Å². The first kappa shape index (κ1) is 18.1. The molecule has 1 aliphatic carbocycles. The van der Waals surface area contributed by atoms with Crippen LogP contribution >= 0.6 is 24.2 Å². The van der Waals surface area contributed by atoms with E-state index in [1.165, 1.54) is 31.4 Å². The Hall–Kier alpha value is 0.0700. The number of rotatable bonds is 4. The van der Waals surface area contributed by atoms with E-state index in [4.69, 9.17) is 0 Å². The highest BCUT2D eigenvalue weighted by Gasteiger charge is 2.28. The number of carbonyl (C=O) groups is 1. The lowest BCUT2D eigenvalue weighted by Gasteiger charge is -2.32. The van der Waals surface area contributed by atoms with Crippen molar-refractivity contribution in [3.8, 4) is 0 Å². The van der Waals surface area contributed by atoms with Crippen LogP contribution in [0.2, 0.25) is 0 Å². The van der Waals surface area contributed by atoms with Gasteiger partial charge in [0.1, 0.15) is 0 Å². The molecule has 0 bridgehead atoms. The third-order valence-electron chi connectivity index (χ3n) is 4.37. The first-order chi connectivity index (χ1) is 9.19. The molecule has 118 valence electrons. The van der Waals surface area contributed by atoms with Gasteiger partial charge in [0.2, 0.25) is 5.91 Å². The van der Waals surface area contributed by atoms with Gasteiger partial charge in [-0.05, 0) is 51.3 Å². The molecule has 0 spiro atoms. The van der Waals surface area contributed by atoms with Crippen LogP contribution in [0.15, 0.2) is 0 Å². The molecule has 2 fully saturated rings. The van der Waals surface area contributed by atoms with Crippen molar-refractivity contribution in [2.75, 3.05) is 12.3 Å². The lowest BCUT2D eigenvalue weighted by atomic mass is 9.90. The first-order valence-corrected chi connectivity index (χ1v) is 8.89. The highest BCUT2D eigenvalue weighted by atomic mass is 35.5. The van der Waals surface area contributed by atoms with E-state index < -0.39 is 0 Å². The summed E-state index contributed by atoms with van der Waals surface area (Å²) in [7, 11) is 0. The van der Waals surface area contributed by atoms with Gasteiger partial charge in [-0.25, -0.2) is 0 Å². The lowest BCUT2D eigenvalue weighted by Crippen LogP contribution is -2.46. The molecule has 0 aromatic carbocycles. The summed E-state index contributed by atoms with van der Waals surface area (Å²) >= 11 is 2.06. The Morgan fingerprint density at radius 2 is 2.10 bits per heavy atom. The fraction of sp³-hybridized carbons (Fsp3) is 0.933. The van der Waals surface area contributed by atoms with Gasteiger partial charge < -0.3 is 10.6 Å². The van der Waals surface area contributed by atoms with Gasteiger partial charge in [-0.1, -0.05) is 13.3 Å². The summed E-state index contributed by atoms with van der Waals surface area (Å²) in [6.45, 7) is 5.38. The zero-order valence-corrected chi connectivity index (χ0v) is 14.3. The molecule has 5 heteroatoms. The molecule has 2 unspecified atom stereocenters. The third kappa shape index (κ3) is 5.45. The van der Waals surface area contributed by atoms with Crippen molar-refractivity contribution >= 4 is 30.1 Å². The van der Waals surface area contributed by atoms with Crippen LogP contribution in [0.3, 0.4) is 0 Å². The van der Waals surface area contributed by atoms with Gasteiger partial charge in [0, 0.05) is 23.3 Å². The second-order valence-electron chi connectivity index (χ2n) is 6.03. The second kappa shape index (κ2) is 9.16. The van der Waals surface area contributed by atoms with Gasteiger partial charge in [0.25, 0.3) is 0 Å². The maximum Gasteiger partial charge on any atom is 0.223 e. The Balaban J connectivity index is 0.00000200. The van der Waals surface area contributed by atoms with Crippen molar-refractivity contribution in [1.82, 2.24) is 10.6 Å². The molecular weight excluding hydrogens is 292 g/mol. The van der Waals surface area contributed by atoms with Crippen LogP contribution in [0.1, 0.15) is 52.4 Å². The minimum atomic E-state index is 0. The molecule has 1 saturated heterocycles. The molecule has 2 N–H and O–H groups in total. The molecule has 0 aromatic rings. The molecule has 1 heterocycles. The highest BCUT2D eigenvalue weighted by molar-refractivity contribution is 7.99. The van der Waals surface area contributed by atoms with Crippen LogP contribution in [-0.4, -0.2) is 35.5 Å². The number of nitrogens with one attached hydrogen (secondary N) is 2. The molecule has 2 aliphatic rings. The van der Waals surface area contributed by atoms with Gasteiger partial charge >= 0.3 is 0 Å². The minimum Gasteiger partial charge on any atom is -0.353 e. The van der Waals surface area contributed by atoms with Crippen LogP contribution in [0.5, 0.6) is 0 Å². The van der Waals surface area contributed by atoms with E-state index in [-0.39, 0.29) is 18.3 Å². The fourth-order valence-corrected chi connectivity index (χ4v) is 4.53. The minimum absolute atomic E-state index is 0. The number of hydrogen-bond donors (Lipinski definition) is 2. The highest BCUT2D eigenvalue weighted by Crippen LogP contribution is 2.29. The Labute approximate surface area is 133 Å². The van der Waals surface area contributed by atoms with E-state index in [1.54, 1.807) is 0 Å². The van der Waals surface area contributed by atoms with E-state index in [0.29, 0.717) is 18.0 Å². The van der Waals surface area contributed by atoms with Gasteiger partial charge in [0.05, 0.1) is 0 Å².